The number of rotatable bonds is 7. The Bertz CT molecular complexity index is 498. The second-order valence-electron chi connectivity index (χ2n) is 6.95. The first kappa shape index (κ1) is 19.2. The molecular formula is C19H32N3OS+. The van der Waals surface area contributed by atoms with E-state index in [1.54, 1.807) is 4.90 Å². The molecule has 1 aromatic carbocycles. The van der Waals surface area contributed by atoms with Crippen molar-refractivity contribution in [2.45, 2.75) is 32.7 Å². The third-order valence-corrected chi connectivity index (χ3v) is 5.05. The van der Waals surface area contributed by atoms with Crippen LogP contribution in [0.1, 0.15) is 37.3 Å². The number of thiocarbonyl (C=S) groups is 1. The van der Waals surface area contributed by atoms with E-state index >= 15 is 0 Å². The third-order valence-electron chi connectivity index (χ3n) is 4.60. The number of quaternary nitrogens is 1. The first-order chi connectivity index (χ1) is 11.6. The molecule has 0 atom stereocenters. The Kier molecular flexibility index (Phi) is 7.95. The van der Waals surface area contributed by atoms with Gasteiger partial charge in [0.05, 0.1) is 19.8 Å². The quantitative estimate of drug-likeness (QED) is 0.575. The number of nitrogens with one attached hydrogen (secondary N) is 2. The maximum Gasteiger partial charge on any atom is 0.168 e. The topological polar surface area (TPSA) is 28.9 Å². The second kappa shape index (κ2) is 9.97. The first-order valence-electron chi connectivity index (χ1n) is 9.05. The summed E-state index contributed by atoms with van der Waals surface area (Å²) in [6, 6.07) is 8.84. The van der Waals surface area contributed by atoms with Gasteiger partial charge in [0.15, 0.2) is 5.11 Å². The van der Waals surface area contributed by atoms with Crippen LogP contribution in [0.4, 0.5) is 0 Å². The predicted octanol–water partition coefficient (Wildman–Crippen LogP) is 1.42. The lowest BCUT2D eigenvalue weighted by Crippen LogP contribution is -3.14. The van der Waals surface area contributed by atoms with Crippen LogP contribution in [-0.4, -0.2) is 56.5 Å². The summed E-state index contributed by atoms with van der Waals surface area (Å²) in [5.41, 5.74) is 2.68. The summed E-state index contributed by atoms with van der Waals surface area (Å²) in [6.07, 6.45) is 1.15. The molecule has 134 valence electrons. The number of morpholine rings is 1. The maximum atomic E-state index is 5.50. The minimum absolute atomic E-state index is 0.577. The Hall–Kier alpha value is -1.17. The van der Waals surface area contributed by atoms with E-state index in [9.17, 15) is 0 Å². The van der Waals surface area contributed by atoms with Crippen molar-refractivity contribution in [2.24, 2.45) is 0 Å². The van der Waals surface area contributed by atoms with Gasteiger partial charge >= 0.3 is 0 Å². The fourth-order valence-corrected chi connectivity index (χ4v) is 3.10. The van der Waals surface area contributed by atoms with Crippen molar-refractivity contribution >= 4 is 17.3 Å². The van der Waals surface area contributed by atoms with Gasteiger partial charge in [-0.3, -0.25) is 0 Å². The normalized spacial score (nSPS) is 15.5. The van der Waals surface area contributed by atoms with Crippen LogP contribution >= 0.6 is 12.2 Å². The molecule has 5 heteroatoms. The molecule has 0 spiro atoms. The molecule has 0 amide bonds. The molecular weight excluding hydrogens is 318 g/mol. The van der Waals surface area contributed by atoms with Crippen molar-refractivity contribution in [2.75, 3.05) is 46.4 Å². The largest absolute Gasteiger partial charge is 0.370 e. The highest BCUT2D eigenvalue weighted by Gasteiger charge is 2.13. The van der Waals surface area contributed by atoms with Crippen LogP contribution in [0, 0.1) is 0 Å². The molecule has 1 aliphatic rings. The smallest absolute Gasteiger partial charge is 0.168 e. The molecule has 1 aliphatic heterocycles. The Morgan fingerprint density at radius 2 is 1.92 bits per heavy atom. The highest BCUT2D eigenvalue weighted by Crippen LogP contribution is 2.15. The summed E-state index contributed by atoms with van der Waals surface area (Å²) in [5, 5.41) is 4.22. The minimum Gasteiger partial charge on any atom is -0.370 e. The number of nitrogens with zero attached hydrogens (tertiary/aromatic N) is 1. The first-order valence-corrected chi connectivity index (χ1v) is 9.46. The van der Waals surface area contributed by atoms with Gasteiger partial charge in [0.2, 0.25) is 0 Å². The average molecular weight is 351 g/mol. The number of hydrogen-bond acceptors (Lipinski definition) is 2. The molecule has 1 aromatic rings. The van der Waals surface area contributed by atoms with E-state index in [2.05, 4.69) is 55.4 Å². The maximum absolute atomic E-state index is 5.50. The number of ether oxygens (including phenoxy) is 1. The van der Waals surface area contributed by atoms with E-state index in [4.69, 9.17) is 17.0 Å². The Morgan fingerprint density at radius 1 is 1.25 bits per heavy atom. The van der Waals surface area contributed by atoms with E-state index < -0.39 is 0 Å². The fourth-order valence-electron chi connectivity index (χ4n) is 2.93. The molecule has 1 heterocycles. The highest BCUT2D eigenvalue weighted by atomic mass is 32.1. The van der Waals surface area contributed by atoms with Crippen molar-refractivity contribution in [3.63, 3.8) is 0 Å². The third kappa shape index (κ3) is 6.38. The van der Waals surface area contributed by atoms with Gasteiger partial charge in [-0.2, -0.15) is 0 Å². The lowest BCUT2D eigenvalue weighted by molar-refractivity contribution is -0.908. The van der Waals surface area contributed by atoms with Crippen LogP contribution < -0.4 is 10.2 Å². The van der Waals surface area contributed by atoms with Crippen LogP contribution in [0.3, 0.4) is 0 Å². The van der Waals surface area contributed by atoms with Crippen LogP contribution in [-0.2, 0) is 11.3 Å². The van der Waals surface area contributed by atoms with Gasteiger partial charge < -0.3 is 19.9 Å². The fraction of sp³-hybridized carbons (Fsp3) is 0.632. The van der Waals surface area contributed by atoms with Crippen molar-refractivity contribution in [1.82, 2.24) is 10.2 Å². The molecule has 1 fully saturated rings. The molecule has 0 radical (unpaired) electrons. The molecule has 0 bridgehead atoms. The van der Waals surface area contributed by atoms with Crippen LogP contribution in [0.5, 0.6) is 0 Å². The molecule has 0 aliphatic carbocycles. The van der Waals surface area contributed by atoms with Crippen molar-refractivity contribution < 1.29 is 9.64 Å². The van der Waals surface area contributed by atoms with E-state index in [0.29, 0.717) is 5.92 Å². The van der Waals surface area contributed by atoms with Gasteiger partial charge in [0, 0.05) is 26.6 Å². The highest BCUT2D eigenvalue weighted by molar-refractivity contribution is 7.80. The van der Waals surface area contributed by atoms with Crippen molar-refractivity contribution in [3.8, 4) is 0 Å². The SMILES string of the molecule is CC(C)c1ccc(CN(C)C(=S)NCCC[NH+]2CCOCC2)cc1. The number of hydrogen-bond donors (Lipinski definition) is 2. The van der Waals surface area contributed by atoms with Gasteiger partial charge in [0.25, 0.3) is 0 Å². The predicted molar refractivity (Wildman–Crippen MR) is 104 cm³/mol. The van der Waals surface area contributed by atoms with Crippen molar-refractivity contribution in [3.05, 3.63) is 35.4 Å². The van der Waals surface area contributed by atoms with E-state index in [1.807, 2.05) is 0 Å². The van der Waals surface area contributed by atoms with Gasteiger partial charge in [-0.1, -0.05) is 38.1 Å². The summed E-state index contributed by atoms with van der Waals surface area (Å²) in [7, 11) is 2.05. The number of benzene rings is 1. The summed E-state index contributed by atoms with van der Waals surface area (Å²) >= 11 is 5.50. The lowest BCUT2D eigenvalue weighted by Gasteiger charge is -2.24. The zero-order chi connectivity index (χ0) is 17.4. The molecule has 2 N–H and O–H groups in total. The zero-order valence-corrected chi connectivity index (χ0v) is 16.1. The minimum atomic E-state index is 0.577. The zero-order valence-electron chi connectivity index (χ0n) is 15.3. The van der Waals surface area contributed by atoms with Gasteiger partial charge in [0.1, 0.15) is 13.1 Å². The van der Waals surface area contributed by atoms with Gasteiger partial charge in [-0.25, -0.2) is 0 Å². The molecule has 2 rings (SSSR count). The molecule has 0 aromatic heterocycles. The summed E-state index contributed by atoms with van der Waals surface area (Å²) in [4.78, 5) is 3.76. The van der Waals surface area contributed by atoms with Crippen LogP contribution in [0.2, 0.25) is 0 Å². The van der Waals surface area contributed by atoms with Crippen molar-refractivity contribution in [1.29, 1.82) is 0 Å². The lowest BCUT2D eigenvalue weighted by atomic mass is 10.0. The summed E-state index contributed by atoms with van der Waals surface area (Å²) < 4.78 is 5.39. The average Bonchev–Trinajstić information content (AvgIpc) is 2.60. The molecule has 4 nitrogen and oxygen atoms in total. The van der Waals surface area contributed by atoms with E-state index in [-0.39, 0.29) is 0 Å². The molecule has 0 unspecified atom stereocenters. The Balaban J connectivity index is 1.65. The monoisotopic (exact) mass is 350 g/mol. The molecule has 0 saturated carbocycles. The van der Waals surface area contributed by atoms with E-state index in [1.165, 1.54) is 17.7 Å². The van der Waals surface area contributed by atoms with Gasteiger partial charge in [-0.05, 0) is 29.3 Å². The standard InChI is InChI=1S/C19H31N3OS/c1-16(2)18-7-5-17(6-8-18)15-21(3)19(24)20-9-4-10-22-11-13-23-14-12-22/h5-8,16H,4,9-15H2,1-3H3,(H,20,24)/p+1. The molecule has 24 heavy (non-hydrogen) atoms. The summed E-state index contributed by atoms with van der Waals surface area (Å²) in [5.74, 6) is 0.577. The van der Waals surface area contributed by atoms with Crippen LogP contribution in [0.25, 0.3) is 0 Å². The summed E-state index contributed by atoms with van der Waals surface area (Å²) in [6.45, 7) is 11.5. The van der Waals surface area contributed by atoms with E-state index in [0.717, 1.165) is 50.9 Å². The Labute approximate surface area is 152 Å². The molecule has 1 saturated heterocycles. The van der Waals surface area contributed by atoms with Crippen LogP contribution in [0.15, 0.2) is 24.3 Å². The van der Waals surface area contributed by atoms with Gasteiger partial charge in [-0.15, -0.1) is 0 Å². The second-order valence-corrected chi connectivity index (χ2v) is 7.34. The Morgan fingerprint density at radius 3 is 2.54 bits per heavy atom.